The highest BCUT2D eigenvalue weighted by molar-refractivity contribution is 5.76. The van der Waals surface area contributed by atoms with Crippen LogP contribution >= 0.6 is 0 Å². The van der Waals surface area contributed by atoms with E-state index in [4.69, 9.17) is 9.26 Å². The number of carbonyl (C=O) groups is 1. The van der Waals surface area contributed by atoms with Crippen LogP contribution in [0.5, 0.6) is 0 Å². The van der Waals surface area contributed by atoms with Crippen LogP contribution in [0.1, 0.15) is 43.8 Å². The number of ether oxygens (including phenoxy) is 1. The molecule has 1 aliphatic carbocycles. The van der Waals surface area contributed by atoms with Crippen LogP contribution in [0.4, 0.5) is 0 Å². The average Bonchev–Trinajstić information content (AvgIpc) is 3.01. The molecule has 1 saturated carbocycles. The number of nitrogens with zero attached hydrogens (tertiary/aromatic N) is 3. The summed E-state index contributed by atoms with van der Waals surface area (Å²) in [6.45, 7) is 4.31. The molecule has 116 valence electrons. The van der Waals surface area contributed by atoms with Crippen LogP contribution in [0.15, 0.2) is 4.52 Å². The number of carbonyl (C=O) groups excluding carboxylic acids is 1. The molecule has 0 N–H and O–H groups in total. The Morgan fingerprint density at radius 1 is 1.38 bits per heavy atom. The molecule has 0 unspecified atom stereocenters. The number of aryl methyl sites for hydroxylation is 2. The smallest absolute Gasteiger partial charge is 0.226 e. The van der Waals surface area contributed by atoms with Gasteiger partial charge in [-0.05, 0) is 32.6 Å². The molecule has 1 saturated heterocycles. The van der Waals surface area contributed by atoms with Gasteiger partial charge in [-0.25, -0.2) is 0 Å². The molecule has 1 aromatic heterocycles. The number of hydrogen-bond donors (Lipinski definition) is 0. The van der Waals surface area contributed by atoms with Gasteiger partial charge in [-0.2, -0.15) is 4.98 Å². The normalized spacial score (nSPS) is 21.7. The Labute approximate surface area is 124 Å². The molecule has 0 bridgehead atoms. The van der Waals surface area contributed by atoms with Gasteiger partial charge in [-0.1, -0.05) is 5.16 Å². The third kappa shape index (κ3) is 4.03. The van der Waals surface area contributed by atoms with Crippen LogP contribution in [0.25, 0.3) is 0 Å². The van der Waals surface area contributed by atoms with Crippen molar-refractivity contribution in [1.29, 1.82) is 0 Å². The maximum atomic E-state index is 12.4. The molecule has 1 atom stereocenters. The molecule has 0 spiro atoms. The van der Waals surface area contributed by atoms with Gasteiger partial charge in [0.15, 0.2) is 5.82 Å². The van der Waals surface area contributed by atoms with Gasteiger partial charge in [-0.15, -0.1) is 0 Å². The first-order chi connectivity index (χ1) is 10.2. The molecule has 0 aromatic carbocycles. The highest BCUT2D eigenvalue weighted by Crippen LogP contribution is 2.29. The quantitative estimate of drug-likeness (QED) is 0.766. The monoisotopic (exact) mass is 293 g/mol. The van der Waals surface area contributed by atoms with Gasteiger partial charge >= 0.3 is 0 Å². The Morgan fingerprint density at radius 3 is 2.86 bits per heavy atom. The molecule has 1 aliphatic heterocycles. The molecule has 2 aliphatic rings. The van der Waals surface area contributed by atoms with E-state index in [0.717, 1.165) is 45.4 Å². The van der Waals surface area contributed by atoms with E-state index in [9.17, 15) is 4.79 Å². The van der Waals surface area contributed by atoms with Crippen molar-refractivity contribution in [2.75, 3.05) is 19.8 Å². The zero-order valence-electron chi connectivity index (χ0n) is 12.6. The fourth-order valence-electron chi connectivity index (χ4n) is 2.82. The molecule has 6 nitrogen and oxygen atoms in total. The van der Waals surface area contributed by atoms with Gasteiger partial charge in [0.05, 0.1) is 6.61 Å². The summed E-state index contributed by atoms with van der Waals surface area (Å²) in [6.07, 6.45) is 5.40. The molecule has 3 rings (SSSR count). The molecule has 2 heterocycles. The average molecular weight is 293 g/mol. The maximum Gasteiger partial charge on any atom is 0.226 e. The molecule has 1 aromatic rings. The second-order valence-corrected chi connectivity index (χ2v) is 6.10. The Hall–Kier alpha value is -1.43. The SMILES string of the molecule is Cc1noc(CCCC(=O)N(C[C@@H]2CCOC2)C2CC2)n1. The van der Waals surface area contributed by atoms with Crippen molar-refractivity contribution in [2.45, 2.75) is 51.5 Å². The lowest BCUT2D eigenvalue weighted by Crippen LogP contribution is -2.37. The van der Waals surface area contributed by atoms with Gasteiger partial charge in [0.25, 0.3) is 0 Å². The van der Waals surface area contributed by atoms with Crippen molar-refractivity contribution < 1.29 is 14.1 Å². The van der Waals surface area contributed by atoms with Gasteiger partial charge in [0.1, 0.15) is 0 Å². The first-order valence-electron chi connectivity index (χ1n) is 7.89. The first kappa shape index (κ1) is 14.5. The molecular weight excluding hydrogens is 270 g/mol. The van der Waals surface area contributed by atoms with E-state index in [0.29, 0.717) is 36.5 Å². The lowest BCUT2D eigenvalue weighted by molar-refractivity contribution is -0.132. The fraction of sp³-hybridized carbons (Fsp3) is 0.800. The molecule has 1 amide bonds. The molecule has 6 heteroatoms. The summed E-state index contributed by atoms with van der Waals surface area (Å²) in [5.74, 6) is 2.06. The Balaban J connectivity index is 1.45. The third-order valence-corrected chi connectivity index (χ3v) is 4.14. The zero-order chi connectivity index (χ0) is 14.7. The topological polar surface area (TPSA) is 68.5 Å². The highest BCUT2D eigenvalue weighted by Gasteiger charge is 2.34. The standard InChI is InChI=1S/C15H23N3O3/c1-11-16-14(21-17-11)3-2-4-15(19)18(13-5-6-13)9-12-7-8-20-10-12/h12-13H,2-10H2,1H3/t12-/m0/s1. The van der Waals surface area contributed by atoms with Crippen molar-refractivity contribution in [1.82, 2.24) is 15.0 Å². The molecule has 21 heavy (non-hydrogen) atoms. The Morgan fingerprint density at radius 2 is 2.24 bits per heavy atom. The van der Waals surface area contributed by atoms with E-state index in [1.165, 1.54) is 0 Å². The van der Waals surface area contributed by atoms with E-state index in [1.807, 2.05) is 0 Å². The summed E-state index contributed by atoms with van der Waals surface area (Å²) in [4.78, 5) is 18.7. The zero-order valence-corrected chi connectivity index (χ0v) is 12.6. The summed E-state index contributed by atoms with van der Waals surface area (Å²) in [5.41, 5.74) is 0. The minimum atomic E-state index is 0.264. The van der Waals surface area contributed by atoms with Crippen molar-refractivity contribution in [3.05, 3.63) is 11.7 Å². The van der Waals surface area contributed by atoms with Crippen molar-refractivity contribution >= 4 is 5.91 Å². The lowest BCUT2D eigenvalue weighted by atomic mass is 10.1. The lowest BCUT2D eigenvalue weighted by Gasteiger charge is -2.25. The van der Waals surface area contributed by atoms with Crippen LogP contribution in [0.2, 0.25) is 0 Å². The summed E-state index contributed by atoms with van der Waals surface area (Å²) in [5, 5.41) is 3.76. The third-order valence-electron chi connectivity index (χ3n) is 4.14. The minimum Gasteiger partial charge on any atom is -0.381 e. The van der Waals surface area contributed by atoms with Crippen molar-refractivity contribution in [2.24, 2.45) is 5.92 Å². The van der Waals surface area contributed by atoms with Gasteiger partial charge < -0.3 is 14.2 Å². The predicted molar refractivity (Wildman–Crippen MR) is 75.6 cm³/mol. The maximum absolute atomic E-state index is 12.4. The van der Waals surface area contributed by atoms with Crippen LogP contribution in [-0.4, -0.2) is 46.7 Å². The van der Waals surface area contributed by atoms with E-state index in [1.54, 1.807) is 6.92 Å². The van der Waals surface area contributed by atoms with Crippen LogP contribution in [0.3, 0.4) is 0 Å². The van der Waals surface area contributed by atoms with Gasteiger partial charge in [0, 0.05) is 38.0 Å². The first-order valence-corrected chi connectivity index (χ1v) is 7.89. The molecular formula is C15H23N3O3. The Kier molecular flexibility index (Phi) is 4.53. The fourth-order valence-corrected chi connectivity index (χ4v) is 2.82. The molecule has 2 fully saturated rings. The molecule has 0 radical (unpaired) electrons. The number of hydrogen-bond acceptors (Lipinski definition) is 5. The number of aromatic nitrogens is 2. The number of rotatable bonds is 7. The largest absolute Gasteiger partial charge is 0.381 e. The van der Waals surface area contributed by atoms with E-state index in [-0.39, 0.29) is 5.91 Å². The summed E-state index contributed by atoms with van der Waals surface area (Å²) in [6, 6.07) is 0.476. The summed E-state index contributed by atoms with van der Waals surface area (Å²) < 4.78 is 10.5. The summed E-state index contributed by atoms with van der Waals surface area (Å²) in [7, 11) is 0. The predicted octanol–water partition coefficient (Wildman–Crippen LogP) is 1.73. The van der Waals surface area contributed by atoms with Crippen LogP contribution in [-0.2, 0) is 16.0 Å². The van der Waals surface area contributed by atoms with Crippen LogP contribution < -0.4 is 0 Å². The van der Waals surface area contributed by atoms with Crippen molar-refractivity contribution in [3.8, 4) is 0 Å². The van der Waals surface area contributed by atoms with E-state index >= 15 is 0 Å². The highest BCUT2D eigenvalue weighted by atomic mass is 16.5. The van der Waals surface area contributed by atoms with E-state index in [2.05, 4.69) is 15.0 Å². The van der Waals surface area contributed by atoms with Gasteiger partial charge in [-0.3, -0.25) is 4.79 Å². The van der Waals surface area contributed by atoms with Crippen molar-refractivity contribution in [3.63, 3.8) is 0 Å². The van der Waals surface area contributed by atoms with Gasteiger partial charge in [0.2, 0.25) is 11.8 Å². The summed E-state index contributed by atoms with van der Waals surface area (Å²) >= 11 is 0. The second kappa shape index (κ2) is 6.56. The number of amides is 1. The minimum absolute atomic E-state index is 0.264. The second-order valence-electron chi connectivity index (χ2n) is 6.10. The van der Waals surface area contributed by atoms with Crippen LogP contribution in [0, 0.1) is 12.8 Å². The Bertz CT molecular complexity index is 478. The van der Waals surface area contributed by atoms with E-state index < -0.39 is 0 Å².